The van der Waals surface area contributed by atoms with E-state index in [4.69, 9.17) is 14.2 Å². The second-order valence-corrected chi connectivity index (χ2v) is 18.2. The van der Waals surface area contributed by atoms with E-state index in [1.807, 2.05) is 13.0 Å². The smallest absolute Gasteiger partial charge is 0.338 e. The van der Waals surface area contributed by atoms with Crippen molar-refractivity contribution in [2.75, 3.05) is 0 Å². The zero-order valence-corrected chi connectivity index (χ0v) is 30.9. The van der Waals surface area contributed by atoms with Crippen LogP contribution in [-0.2, 0) is 14.2 Å². The summed E-state index contributed by atoms with van der Waals surface area (Å²) in [6.45, 7) is 14.5. The second kappa shape index (κ2) is 14.1. The van der Waals surface area contributed by atoms with E-state index < -0.39 is 35.4 Å². The SMILES string of the molecule is CC(C)CCC[C@@H](C)[C@H]1CC[C@H]2[C@@H]3CC[C@H]4C[C@@H](O[C@@H]5O[C@@H](C)[C@H](OC(=O)c6ccccc6)[C@H](O)[C@H]5Br)CC[C@]4(C)[C@H]3CC[C@]12C. The largest absolute Gasteiger partial charge is 0.453 e. The minimum absolute atomic E-state index is 0.124. The first-order valence-electron chi connectivity index (χ1n) is 18.8. The molecule has 258 valence electrons. The van der Waals surface area contributed by atoms with Crippen molar-refractivity contribution >= 4 is 21.9 Å². The third-order valence-electron chi connectivity index (χ3n) is 14.1. The number of hydrogen-bond acceptors (Lipinski definition) is 5. The number of alkyl halides is 1. The quantitative estimate of drug-likeness (QED) is 0.158. The molecule has 0 radical (unpaired) electrons. The number of carbonyl (C=O) groups excluding carboxylic acids is 1. The van der Waals surface area contributed by atoms with Gasteiger partial charge in [0, 0.05) is 0 Å². The minimum Gasteiger partial charge on any atom is -0.453 e. The fourth-order valence-corrected chi connectivity index (χ4v) is 12.1. The average Bonchev–Trinajstić information content (AvgIpc) is 3.39. The van der Waals surface area contributed by atoms with Crippen molar-refractivity contribution in [3.05, 3.63) is 35.9 Å². The molecule has 4 aliphatic carbocycles. The Balaban J connectivity index is 1.04. The molecule has 1 saturated heterocycles. The summed E-state index contributed by atoms with van der Waals surface area (Å²) in [5.41, 5.74) is 1.40. The molecule has 1 aromatic carbocycles. The molecule has 46 heavy (non-hydrogen) atoms. The Labute approximate surface area is 287 Å². The van der Waals surface area contributed by atoms with Gasteiger partial charge in [0.15, 0.2) is 12.4 Å². The molecule has 0 amide bonds. The zero-order valence-electron chi connectivity index (χ0n) is 29.3. The van der Waals surface area contributed by atoms with Crippen LogP contribution in [0.3, 0.4) is 0 Å². The lowest BCUT2D eigenvalue weighted by Crippen LogP contribution is -2.58. The molecule has 1 N–H and O–H groups in total. The summed E-state index contributed by atoms with van der Waals surface area (Å²) in [6, 6.07) is 8.91. The molecule has 0 spiro atoms. The fraction of sp³-hybridized carbons (Fsp3) is 0.825. The van der Waals surface area contributed by atoms with E-state index in [2.05, 4.69) is 50.5 Å². The number of halogens is 1. The third-order valence-corrected chi connectivity index (χ3v) is 15.1. The molecule has 1 heterocycles. The van der Waals surface area contributed by atoms with Gasteiger partial charge in [-0.3, -0.25) is 0 Å². The van der Waals surface area contributed by atoms with Crippen LogP contribution in [0.15, 0.2) is 30.3 Å². The van der Waals surface area contributed by atoms with Crippen LogP contribution in [0.25, 0.3) is 0 Å². The van der Waals surface area contributed by atoms with Crippen LogP contribution < -0.4 is 0 Å². The van der Waals surface area contributed by atoms with Gasteiger partial charge in [0.1, 0.15) is 6.10 Å². The Kier molecular flexibility index (Phi) is 10.7. The van der Waals surface area contributed by atoms with E-state index in [1.54, 1.807) is 24.3 Å². The third kappa shape index (κ3) is 6.64. The van der Waals surface area contributed by atoms with E-state index in [0.29, 0.717) is 22.3 Å². The van der Waals surface area contributed by atoms with Gasteiger partial charge < -0.3 is 19.3 Å². The molecule has 5 nitrogen and oxygen atoms in total. The summed E-state index contributed by atoms with van der Waals surface area (Å²) >= 11 is 3.66. The molecule has 14 atom stereocenters. The first-order chi connectivity index (χ1) is 21.9. The van der Waals surface area contributed by atoms with Gasteiger partial charge in [-0.05, 0) is 129 Å². The molecule has 5 aliphatic rings. The van der Waals surface area contributed by atoms with Gasteiger partial charge in [0.05, 0.1) is 22.6 Å². The normalized spacial score (nSPS) is 44.6. The van der Waals surface area contributed by atoms with Crippen LogP contribution in [0.4, 0.5) is 0 Å². The molecular weight excluding hydrogens is 640 g/mol. The number of esters is 1. The van der Waals surface area contributed by atoms with Crippen LogP contribution in [0.2, 0.25) is 0 Å². The van der Waals surface area contributed by atoms with Gasteiger partial charge in [-0.1, -0.05) is 88.0 Å². The maximum absolute atomic E-state index is 12.7. The highest BCUT2D eigenvalue weighted by Crippen LogP contribution is 2.68. The lowest BCUT2D eigenvalue weighted by molar-refractivity contribution is -0.263. The summed E-state index contributed by atoms with van der Waals surface area (Å²) in [5.74, 6) is 5.47. The van der Waals surface area contributed by atoms with E-state index in [9.17, 15) is 9.90 Å². The van der Waals surface area contributed by atoms with Crippen LogP contribution in [0, 0.1) is 52.3 Å². The highest BCUT2D eigenvalue weighted by molar-refractivity contribution is 9.09. The van der Waals surface area contributed by atoms with Gasteiger partial charge in [0.25, 0.3) is 0 Å². The van der Waals surface area contributed by atoms with Gasteiger partial charge in [0.2, 0.25) is 0 Å². The molecule has 4 saturated carbocycles. The van der Waals surface area contributed by atoms with Gasteiger partial charge in [-0.15, -0.1) is 0 Å². The van der Waals surface area contributed by atoms with E-state index >= 15 is 0 Å². The van der Waals surface area contributed by atoms with Gasteiger partial charge in [-0.25, -0.2) is 4.79 Å². The van der Waals surface area contributed by atoms with Crippen molar-refractivity contribution in [3.8, 4) is 0 Å². The Morgan fingerprint density at radius 1 is 0.978 bits per heavy atom. The number of carbonyl (C=O) groups is 1. The highest BCUT2D eigenvalue weighted by Gasteiger charge is 2.61. The number of benzene rings is 1. The average molecular weight is 702 g/mol. The molecule has 0 unspecified atom stereocenters. The zero-order chi connectivity index (χ0) is 32.8. The molecule has 1 aromatic rings. The number of aliphatic hydroxyl groups excluding tert-OH is 1. The molecule has 6 heteroatoms. The number of ether oxygens (including phenoxy) is 3. The van der Waals surface area contributed by atoms with Crippen molar-refractivity contribution in [3.63, 3.8) is 0 Å². The summed E-state index contributed by atoms with van der Waals surface area (Å²) < 4.78 is 18.7. The number of fused-ring (bicyclic) bond motifs is 5. The summed E-state index contributed by atoms with van der Waals surface area (Å²) in [4.78, 5) is 12.2. The summed E-state index contributed by atoms with van der Waals surface area (Å²) in [6.07, 6.45) is 13.4. The molecule has 5 fully saturated rings. The standard InChI is InChI=1S/C40H61BrO5/c1-24(2)11-10-12-25(3)31-17-18-32-30-16-15-28-23-29(19-21-39(28,5)33(30)20-22-40(31,32)6)45-38-34(41)35(42)36(26(4)44-38)46-37(43)27-13-8-7-9-14-27/h7-9,13-14,24-26,28-36,38,42H,10-12,15-23H2,1-6H3/t25-,26+,28+,29+,30+,31-,32+,33+,34-,35-,36+,38+,39+,40-/m1/s1. The predicted octanol–water partition coefficient (Wildman–Crippen LogP) is 9.59. The first kappa shape index (κ1) is 34.9. The lowest BCUT2D eigenvalue weighted by atomic mass is 9.44. The summed E-state index contributed by atoms with van der Waals surface area (Å²) in [7, 11) is 0. The Morgan fingerprint density at radius 3 is 2.43 bits per heavy atom. The van der Waals surface area contributed by atoms with E-state index in [0.717, 1.165) is 48.3 Å². The Morgan fingerprint density at radius 2 is 1.70 bits per heavy atom. The van der Waals surface area contributed by atoms with Crippen LogP contribution in [0.5, 0.6) is 0 Å². The minimum atomic E-state index is -0.921. The van der Waals surface area contributed by atoms with Gasteiger partial charge in [-0.2, -0.15) is 0 Å². The highest BCUT2D eigenvalue weighted by atomic mass is 79.9. The topological polar surface area (TPSA) is 65.0 Å². The molecule has 0 aromatic heterocycles. The predicted molar refractivity (Wildman–Crippen MR) is 187 cm³/mol. The van der Waals surface area contributed by atoms with Crippen LogP contribution in [0.1, 0.15) is 129 Å². The molecule has 6 rings (SSSR count). The lowest BCUT2D eigenvalue weighted by Gasteiger charge is -2.61. The van der Waals surface area contributed by atoms with Crippen LogP contribution >= 0.6 is 15.9 Å². The van der Waals surface area contributed by atoms with E-state index in [-0.39, 0.29) is 6.10 Å². The summed E-state index contributed by atoms with van der Waals surface area (Å²) in [5, 5.41) is 11.2. The van der Waals surface area contributed by atoms with Gasteiger partial charge >= 0.3 is 5.97 Å². The van der Waals surface area contributed by atoms with Crippen LogP contribution in [-0.4, -0.2) is 46.6 Å². The van der Waals surface area contributed by atoms with Crippen molar-refractivity contribution in [1.29, 1.82) is 0 Å². The maximum Gasteiger partial charge on any atom is 0.338 e. The van der Waals surface area contributed by atoms with Crippen molar-refractivity contribution in [2.24, 2.45) is 52.3 Å². The van der Waals surface area contributed by atoms with Crippen molar-refractivity contribution in [1.82, 2.24) is 0 Å². The molecule has 0 bridgehead atoms. The molecule has 1 aliphatic heterocycles. The second-order valence-electron chi connectivity index (χ2n) is 17.1. The van der Waals surface area contributed by atoms with E-state index in [1.165, 1.54) is 64.2 Å². The Hall–Kier alpha value is -0.950. The maximum atomic E-state index is 12.7. The first-order valence-corrected chi connectivity index (χ1v) is 19.7. The Bertz CT molecular complexity index is 1180. The molecular formula is C40H61BrO5. The number of aliphatic hydroxyl groups is 1. The number of hydrogen-bond donors (Lipinski definition) is 1. The number of rotatable bonds is 9. The monoisotopic (exact) mass is 700 g/mol. The van der Waals surface area contributed by atoms with Crippen molar-refractivity contribution < 1.29 is 24.1 Å². The van der Waals surface area contributed by atoms with Crippen molar-refractivity contribution in [2.45, 2.75) is 154 Å². The fourth-order valence-electron chi connectivity index (χ4n) is 11.6.